The van der Waals surface area contributed by atoms with Gasteiger partial charge in [0, 0.05) is 6.04 Å². The van der Waals surface area contributed by atoms with E-state index in [9.17, 15) is 31.9 Å². The Kier molecular flexibility index (Phi) is 7.83. The number of aliphatic hydroxyl groups is 1. The lowest BCUT2D eigenvalue weighted by Gasteiger charge is -2.28. The molecule has 0 aliphatic carbocycles. The van der Waals surface area contributed by atoms with Gasteiger partial charge in [-0.05, 0) is 5.92 Å². The summed E-state index contributed by atoms with van der Waals surface area (Å²) in [6.07, 6.45) is -7.36. The third-order valence-electron chi connectivity index (χ3n) is 2.26. The van der Waals surface area contributed by atoms with Gasteiger partial charge in [-0.3, -0.25) is 4.79 Å². The zero-order chi connectivity index (χ0) is 14.7. The van der Waals surface area contributed by atoms with E-state index in [0.717, 1.165) is 5.32 Å². The van der Waals surface area contributed by atoms with Crippen LogP contribution in [0.5, 0.6) is 0 Å². The third-order valence-corrected chi connectivity index (χ3v) is 2.26. The van der Waals surface area contributed by atoms with Gasteiger partial charge in [-0.25, -0.2) is 0 Å². The van der Waals surface area contributed by atoms with E-state index < -0.39 is 42.6 Å². The predicted octanol–water partition coefficient (Wildman–Crippen LogP) is 1.07. The number of halogens is 6. The monoisotopic (exact) mass is 314 g/mol. The Bertz CT molecular complexity index is 299. The van der Waals surface area contributed by atoms with Gasteiger partial charge in [0.2, 0.25) is 0 Å². The lowest BCUT2D eigenvalue weighted by Crippen LogP contribution is -2.57. The van der Waals surface area contributed by atoms with Crippen molar-refractivity contribution < 1.29 is 31.9 Å². The number of amides is 1. The van der Waals surface area contributed by atoms with Crippen LogP contribution in [0, 0.1) is 5.92 Å². The number of rotatable bonds is 5. The average molecular weight is 315 g/mol. The maximum atomic E-state index is 13.3. The van der Waals surface area contributed by atoms with Crippen LogP contribution < -0.4 is 11.1 Å². The SMILES string of the molecule is CC(C)C(N)C(O)C(F)(F)C(=O)NCC(F)(F)F.Cl. The van der Waals surface area contributed by atoms with Crippen molar-refractivity contribution in [1.29, 1.82) is 0 Å². The summed E-state index contributed by atoms with van der Waals surface area (Å²) >= 11 is 0. The largest absolute Gasteiger partial charge is 0.405 e. The Balaban J connectivity index is 0. The molecule has 0 aliphatic heterocycles. The number of carbonyl (C=O) groups excluding carboxylic acids is 1. The molecule has 0 aliphatic rings. The van der Waals surface area contributed by atoms with Crippen LogP contribution >= 0.6 is 12.4 Å². The summed E-state index contributed by atoms with van der Waals surface area (Å²) in [6, 6.07) is -1.43. The second-order valence-corrected chi connectivity index (χ2v) is 4.19. The Labute approximate surface area is 112 Å². The maximum Gasteiger partial charge on any atom is 0.405 e. The van der Waals surface area contributed by atoms with Gasteiger partial charge in [0.25, 0.3) is 5.91 Å². The van der Waals surface area contributed by atoms with E-state index in [1.54, 1.807) is 0 Å². The highest BCUT2D eigenvalue weighted by Crippen LogP contribution is 2.24. The van der Waals surface area contributed by atoms with Crippen LogP contribution in [-0.2, 0) is 4.79 Å². The smallest absolute Gasteiger partial charge is 0.385 e. The molecule has 0 aromatic carbocycles. The van der Waals surface area contributed by atoms with E-state index in [-0.39, 0.29) is 12.4 Å². The Hall–Kier alpha value is -0.670. The average Bonchev–Trinajstić information content (AvgIpc) is 2.22. The highest BCUT2D eigenvalue weighted by molar-refractivity contribution is 5.85. The topological polar surface area (TPSA) is 75.3 Å². The number of nitrogens with one attached hydrogen (secondary N) is 1. The van der Waals surface area contributed by atoms with Crippen molar-refractivity contribution >= 4 is 18.3 Å². The second-order valence-electron chi connectivity index (χ2n) is 4.19. The molecule has 19 heavy (non-hydrogen) atoms. The molecule has 0 aromatic rings. The lowest BCUT2D eigenvalue weighted by molar-refractivity contribution is -0.173. The van der Waals surface area contributed by atoms with Gasteiger partial charge in [0.1, 0.15) is 12.6 Å². The molecule has 0 radical (unpaired) electrons. The first kappa shape index (κ1) is 20.6. The summed E-state index contributed by atoms with van der Waals surface area (Å²) in [4.78, 5) is 10.9. The van der Waals surface area contributed by atoms with Crippen LogP contribution in [0.25, 0.3) is 0 Å². The number of hydrogen-bond acceptors (Lipinski definition) is 3. The zero-order valence-electron chi connectivity index (χ0n) is 10.2. The van der Waals surface area contributed by atoms with E-state index in [0.29, 0.717) is 0 Å². The van der Waals surface area contributed by atoms with Gasteiger partial charge in [0.05, 0.1) is 0 Å². The fraction of sp³-hybridized carbons (Fsp3) is 0.889. The highest BCUT2D eigenvalue weighted by atomic mass is 35.5. The second kappa shape index (κ2) is 7.20. The molecule has 0 aromatic heterocycles. The first-order valence-corrected chi connectivity index (χ1v) is 5.06. The summed E-state index contributed by atoms with van der Waals surface area (Å²) in [7, 11) is 0. The zero-order valence-corrected chi connectivity index (χ0v) is 11.0. The molecule has 0 rings (SSSR count). The summed E-state index contributed by atoms with van der Waals surface area (Å²) in [5.41, 5.74) is 5.23. The van der Waals surface area contributed by atoms with Crippen molar-refractivity contribution in [2.75, 3.05) is 6.54 Å². The summed E-state index contributed by atoms with van der Waals surface area (Å²) in [5.74, 6) is -7.15. The van der Waals surface area contributed by atoms with E-state index >= 15 is 0 Å². The van der Waals surface area contributed by atoms with Crippen LogP contribution in [0.15, 0.2) is 0 Å². The standard InChI is InChI=1S/C9H15F5N2O2.ClH/c1-4(2)5(15)6(17)9(13,14)7(18)16-3-8(10,11)12;/h4-6,17H,3,15H2,1-2H3,(H,16,18);1H. The Morgan fingerprint density at radius 3 is 2.00 bits per heavy atom. The van der Waals surface area contributed by atoms with Crippen LogP contribution in [0.4, 0.5) is 22.0 Å². The molecule has 0 heterocycles. The molecule has 0 bridgehead atoms. The van der Waals surface area contributed by atoms with Gasteiger partial charge >= 0.3 is 12.1 Å². The van der Waals surface area contributed by atoms with E-state index in [2.05, 4.69) is 0 Å². The molecule has 4 N–H and O–H groups in total. The lowest BCUT2D eigenvalue weighted by atomic mass is 9.95. The first-order valence-electron chi connectivity index (χ1n) is 5.06. The molecular formula is C9H16ClF5N2O2. The molecule has 0 saturated carbocycles. The summed E-state index contributed by atoms with van der Waals surface area (Å²) in [6.45, 7) is 0.959. The first-order chi connectivity index (χ1) is 7.89. The van der Waals surface area contributed by atoms with Gasteiger partial charge in [0.15, 0.2) is 0 Å². The van der Waals surface area contributed by atoms with Crippen molar-refractivity contribution in [3.05, 3.63) is 0 Å². The minimum absolute atomic E-state index is 0. The molecule has 0 spiro atoms. The van der Waals surface area contributed by atoms with E-state index in [1.165, 1.54) is 13.8 Å². The fourth-order valence-corrected chi connectivity index (χ4v) is 1.04. The molecule has 0 fully saturated rings. The number of alkyl halides is 5. The molecule has 2 atom stereocenters. The number of aliphatic hydroxyl groups excluding tert-OH is 1. The fourth-order valence-electron chi connectivity index (χ4n) is 1.04. The van der Waals surface area contributed by atoms with Crippen molar-refractivity contribution in [3.8, 4) is 0 Å². The van der Waals surface area contributed by atoms with Crippen molar-refractivity contribution in [2.24, 2.45) is 11.7 Å². The van der Waals surface area contributed by atoms with Crippen molar-refractivity contribution in [1.82, 2.24) is 5.32 Å². The maximum absolute atomic E-state index is 13.3. The van der Waals surface area contributed by atoms with Crippen LogP contribution in [0.2, 0.25) is 0 Å². The minimum atomic E-state index is -4.81. The van der Waals surface area contributed by atoms with Crippen LogP contribution in [0.3, 0.4) is 0 Å². The van der Waals surface area contributed by atoms with Gasteiger partial charge in [-0.15, -0.1) is 12.4 Å². The molecule has 0 saturated heterocycles. The van der Waals surface area contributed by atoms with Gasteiger partial charge in [-0.1, -0.05) is 13.8 Å². The molecular weight excluding hydrogens is 299 g/mol. The predicted molar refractivity (Wildman–Crippen MR) is 60.1 cm³/mol. The summed E-state index contributed by atoms with van der Waals surface area (Å²) in [5, 5.41) is 10.2. The molecule has 4 nitrogen and oxygen atoms in total. The molecule has 116 valence electrons. The van der Waals surface area contributed by atoms with Crippen molar-refractivity contribution in [3.63, 3.8) is 0 Å². The quantitative estimate of drug-likeness (QED) is 0.664. The molecule has 2 unspecified atom stereocenters. The van der Waals surface area contributed by atoms with Crippen molar-refractivity contribution in [2.45, 2.75) is 38.1 Å². The normalized spacial score (nSPS) is 15.7. The van der Waals surface area contributed by atoms with Crippen LogP contribution in [0.1, 0.15) is 13.8 Å². The molecule has 10 heteroatoms. The minimum Gasteiger partial charge on any atom is -0.385 e. The van der Waals surface area contributed by atoms with E-state index in [1.807, 2.05) is 0 Å². The third kappa shape index (κ3) is 6.35. The molecule has 1 amide bonds. The Morgan fingerprint density at radius 2 is 1.68 bits per heavy atom. The van der Waals surface area contributed by atoms with Crippen LogP contribution in [-0.4, -0.2) is 41.8 Å². The Morgan fingerprint density at radius 1 is 1.26 bits per heavy atom. The number of carbonyl (C=O) groups is 1. The van der Waals surface area contributed by atoms with E-state index in [4.69, 9.17) is 5.73 Å². The van der Waals surface area contributed by atoms with Gasteiger partial charge in [-0.2, -0.15) is 22.0 Å². The highest BCUT2D eigenvalue weighted by Gasteiger charge is 2.50. The number of hydrogen-bond donors (Lipinski definition) is 3. The van der Waals surface area contributed by atoms with Gasteiger partial charge < -0.3 is 16.2 Å². The number of nitrogens with two attached hydrogens (primary N) is 1. The summed E-state index contributed by atoms with van der Waals surface area (Å²) < 4.78 is 61.8.